The smallest absolute Gasteiger partial charge is 0.134 e. The van der Waals surface area contributed by atoms with E-state index in [1.807, 2.05) is 18.2 Å². The molecule has 0 radical (unpaired) electrons. The second-order valence-electron chi connectivity index (χ2n) is 4.44. The fourth-order valence-corrected chi connectivity index (χ4v) is 2.08. The predicted octanol–water partition coefficient (Wildman–Crippen LogP) is 4.23. The van der Waals surface area contributed by atoms with Crippen LogP contribution in [-0.4, -0.2) is 13.1 Å². The van der Waals surface area contributed by atoms with Crippen LogP contribution in [0, 0.1) is 0 Å². The van der Waals surface area contributed by atoms with Gasteiger partial charge in [0.1, 0.15) is 11.3 Å². The summed E-state index contributed by atoms with van der Waals surface area (Å²) in [4.78, 5) is 0. The number of allylic oxidation sites excluding steroid dienone is 1. The third-order valence-electron chi connectivity index (χ3n) is 3.00. The largest absolute Gasteiger partial charge is 0.456 e. The lowest BCUT2D eigenvalue weighted by molar-refractivity contribution is 0.594. The standard InChI is InChI=1S/C16H21NO/c1-3-7-13(10-11-17-4-2)16-12-14-8-5-6-9-15(14)18-16/h5-6,8-10,12,17H,3-4,7,11H2,1-2H3/b13-10+. The van der Waals surface area contributed by atoms with Gasteiger partial charge in [0, 0.05) is 11.9 Å². The van der Waals surface area contributed by atoms with Gasteiger partial charge >= 0.3 is 0 Å². The first-order valence-electron chi connectivity index (χ1n) is 6.73. The van der Waals surface area contributed by atoms with E-state index in [4.69, 9.17) is 4.42 Å². The number of rotatable bonds is 6. The Bertz CT molecular complexity index is 492. The minimum Gasteiger partial charge on any atom is -0.456 e. The lowest BCUT2D eigenvalue weighted by Crippen LogP contribution is -2.12. The number of benzene rings is 1. The Kier molecular flexibility index (Phi) is 4.59. The topological polar surface area (TPSA) is 25.2 Å². The molecule has 0 spiro atoms. The molecule has 2 aromatic rings. The number of nitrogens with one attached hydrogen (secondary N) is 1. The summed E-state index contributed by atoms with van der Waals surface area (Å²) < 4.78 is 5.92. The third kappa shape index (κ3) is 3.02. The fourth-order valence-electron chi connectivity index (χ4n) is 2.08. The van der Waals surface area contributed by atoms with Gasteiger partial charge in [0.15, 0.2) is 0 Å². The summed E-state index contributed by atoms with van der Waals surface area (Å²) in [6.07, 6.45) is 4.44. The molecule has 1 aromatic heterocycles. The molecular weight excluding hydrogens is 222 g/mol. The van der Waals surface area contributed by atoms with Crippen molar-refractivity contribution >= 4 is 16.5 Å². The van der Waals surface area contributed by atoms with Gasteiger partial charge in [0.2, 0.25) is 0 Å². The summed E-state index contributed by atoms with van der Waals surface area (Å²) in [5.74, 6) is 1.01. The third-order valence-corrected chi connectivity index (χ3v) is 3.00. The van der Waals surface area contributed by atoms with Gasteiger partial charge in [0.05, 0.1) is 0 Å². The summed E-state index contributed by atoms with van der Waals surface area (Å²) >= 11 is 0. The normalized spacial score (nSPS) is 12.2. The fraction of sp³-hybridized carbons (Fsp3) is 0.375. The van der Waals surface area contributed by atoms with Crippen LogP contribution in [0.1, 0.15) is 32.4 Å². The van der Waals surface area contributed by atoms with Crippen molar-refractivity contribution in [2.24, 2.45) is 0 Å². The minimum absolute atomic E-state index is 0.906. The molecule has 18 heavy (non-hydrogen) atoms. The SMILES string of the molecule is CCC/C(=C\CNCC)c1cc2ccccc2o1. The Morgan fingerprint density at radius 3 is 2.83 bits per heavy atom. The molecule has 0 saturated carbocycles. The van der Waals surface area contributed by atoms with Crippen LogP contribution < -0.4 is 5.32 Å². The van der Waals surface area contributed by atoms with Crippen molar-refractivity contribution in [2.45, 2.75) is 26.7 Å². The number of likely N-dealkylation sites (N-methyl/N-ethyl adjacent to an activating group) is 1. The first-order valence-corrected chi connectivity index (χ1v) is 6.73. The molecular formula is C16H21NO. The maximum Gasteiger partial charge on any atom is 0.134 e. The number of furan rings is 1. The van der Waals surface area contributed by atoms with E-state index in [1.54, 1.807) is 0 Å². The summed E-state index contributed by atoms with van der Waals surface area (Å²) in [5, 5.41) is 4.50. The molecule has 0 unspecified atom stereocenters. The molecule has 2 rings (SSSR count). The first-order chi connectivity index (χ1) is 8.85. The van der Waals surface area contributed by atoms with E-state index in [-0.39, 0.29) is 0 Å². The quantitative estimate of drug-likeness (QED) is 0.768. The van der Waals surface area contributed by atoms with Gasteiger partial charge in [0.25, 0.3) is 0 Å². The minimum atomic E-state index is 0.906. The second kappa shape index (κ2) is 6.41. The maximum atomic E-state index is 5.92. The molecule has 0 fully saturated rings. The van der Waals surface area contributed by atoms with Crippen LogP contribution in [0.3, 0.4) is 0 Å². The monoisotopic (exact) mass is 243 g/mol. The first kappa shape index (κ1) is 12.9. The van der Waals surface area contributed by atoms with E-state index in [9.17, 15) is 0 Å². The van der Waals surface area contributed by atoms with E-state index in [2.05, 4.69) is 37.4 Å². The number of fused-ring (bicyclic) bond motifs is 1. The summed E-state index contributed by atoms with van der Waals surface area (Å²) in [5.41, 5.74) is 2.27. The molecule has 0 aliphatic rings. The molecule has 0 aliphatic heterocycles. The highest BCUT2D eigenvalue weighted by Crippen LogP contribution is 2.27. The van der Waals surface area contributed by atoms with E-state index < -0.39 is 0 Å². The summed E-state index contributed by atoms with van der Waals surface area (Å²) in [7, 11) is 0. The second-order valence-corrected chi connectivity index (χ2v) is 4.44. The zero-order valence-corrected chi connectivity index (χ0v) is 11.2. The van der Waals surface area contributed by atoms with Gasteiger partial charge in [-0.1, -0.05) is 44.5 Å². The average Bonchev–Trinajstić information content (AvgIpc) is 2.81. The van der Waals surface area contributed by atoms with Crippen LogP contribution in [0.5, 0.6) is 0 Å². The van der Waals surface area contributed by atoms with Crippen LogP contribution >= 0.6 is 0 Å². The van der Waals surface area contributed by atoms with Crippen molar-refractivity contribution < 1.29 is 4.42 Å². The zero-order valence-electron chi connectivity index (χ0n) is 11.2. The highest BCUT2D eigenvalue weighted by Gasteiger charge is 2.07. The van der Waals surface area contributed by atoms with Crippen molar-refractivity contribution in [3.63, 3.8) is 0 Å². The van der Waals surface area contributed by atoms with Gasteiger partial charge in [-0.05, 0) is 30.7 Å². The van der Waals surface area contributed by atoms with Gasteiger partial charge in [-0.15, -0.1) is 0 Å². The Balaban J connectivity index is 2.26. The maximum absolute atomic E-state index is 5.92. The Morgan fingerprint density at radius 2 is 2.11 bits per heavy atom. The van der Waals surface area contributed by atoms with Crippen LogP contribution in [0.4, 0.5) is 0 Å². The van der Waals surface area contributed by atoms with Crippen LogP contribution in [0.15, 0.2) is 40.8 Å². The Morgan fingerprint density at radius 1 is 1.28 bits per heavy atom. The highest BCUT2D eigenvalue weighted by molar-refractivity contribution is 5.81. The summed E-state index contributed by atoms with van der Waals surface area (Å²) in [6, 6.07) is 10.3. The van der Waals surface area contributed by atoms with Crippen LogP contribution in [-0.2, 0) is 0 Å². The van der Waals surface area contributed by atoms with E-state index >= 15 is 0 Å². The number of para-hydroxylation sites is 1. The van der Waals surface area contributed by atoms with E-state index in [1.165, 1.54) is 11.0 Å². The molecule has 1 heterocycles. The molecule has 1 aromatic carbocycles. The lowest BCUT2D eigenvalue weighted by Gasteiger charge is -2.03. The van der Waals surface area contributed by atoms with E-state index in [0.29, 0.717) is 0 Å². The van der Waals surface area contributed by atoms with Crippen LogP contribution in [0.25, 0.3) is 16.5 Å². The van der Waals surface area contributed by atoms with Crippen molar-refractivity contribution in [2.75, 3.05) is 13.1 Å². The molecule has 0 aliphatic carbocycles. The predicted molar refractivity (Wildman–Crippen MR) is 77.6 cm³/mol. The molecule has 0 atom stereocenters. The van der Waals surface area contributed by atoms with Crippen molar-refractivity contribution in [3.8, 4) is 0 Å². The van der Waals surface area contributed by atoms with E-state index in [0.717, 1.165) is 37.3 Å². The van der Waals surface area contributed by atoms with Crippen molar-refractivity contribution in [1.82, 2.24) is 5.32 Å². The molecule has 0 bridgehead atoms. The number of hydrogen-bond acceptors (Lipinski definition) is 2. The van der Waals surface area contributed by atoms with Crippen molar-refractivity contribution in [1.29, 1.82) is 0 Å². The molecule has 96 valence electrons. The van der Waals surface area contributed by atoms with Gasteiger partial charge in [-0.2, -0.15) is 0 Å². The zero-order chi connectivity index (χ0) is 12.8. The molecule has 0 saturated heterocycles. The molecule has 0 amide bonds. The van der Waals surface area contributed by atoms with Gasteiger partial charge < -0.3 is 9.73 Å². The highest BCUT2D eigenvalue weighted by atomic mass is 16.3. The van der Waals surface area contributed by atoms with Gasteiger partial charge in [-0.3, -0.25) is 0 Å². The Hall–Kier alpha value is -1.54. The molecule has 1 N–H and O–H groups in total. The summed E-state index contributed by atoms with van der Waals surface area (Å²) in [6.45, 7) is 6.22. The lowest BCUT2D eigenvalue weighted by atomic mass is 10.1. The van der Waals surface area contributed by atoms with Crippen LogP contribution in [0.2, 0.25) is 0 Å². The average molecular weight is 243 g/mol. The molecule has 2 nitrogen and oxygen atoms in total. The van der Waals surface area contributed by atoms with Crippen molar-refractivity contribution in [3.05, 3.63) is 42.2 Å². The number of hydrogen-bond donors (Lipinski definition) is 1. The molecule has 2 heteroatoms. The van der Waals surface area contributed by atoms with Gasteiger partial charge in [-0.25, -0.2) is 0 Å². The Labute approximate surface area is 109 Å².